The molecule has 3 N–H and O–H groups in total. The molecular formula is C15H29ClN2O. The van der Waals surface area contributed by atoms with Crippen molar-refractivity contribution < 1.29 is 4.79 Å². The van der Waals surface area contributed by atoms with Crippen LogP contribution in [0.25, 0.3) is 0 Å². The molecule has 0 aromatic carbocycles. The predicted octanol–water partition coefficient (Wildman–Crippen LogP) is 2.72. The maximum Gasteiger partial charge on any atom is 0.237 e. The number of rotatable bonds is 5. The van der Waals surface area contributed by atoms with E-state index in [0.29, 0.717) is 17.9 Å². The van der Waals surface area contributed by atoms with Gasteiger partial charge < -0.3 is 11.1 Å². The van der Waals surface area contributed by atoms with Crippen LogP contribution in [-0.4, -0.2) is 18.0 Å². The fraction of sp³-hybridized carbons (Fsp3) is 0.933. The summed E-state index contributed by atoms with van der Waals surface area (Å²) in [5.74, 6) is 3.00. The first-order valence-electron chi connectivity index (χ1n) is 7.53. The lowest BCUT2D eigenvalue weighted by atomic mass is 9.84. The zero-order valence-electron chi connectivity index (χ0n) is 12.4. The summed E-state index contributed by atoms with van der Waals surface area (Å²) in [4.78, 5) is 12.0. The third-order valence-electron chi connectivity index (χ3n) is 4.87. The highest BCUT2D eigenvalue weighted by Crippen LogP contribution is 2.49. The Morgan fingerprint density at radius 3 is 2.42 bits per heavy atom. The first-order valence-corrected chi connectivity index (χ1v) is 7.53. The molecule has 2 aliphatic rings. The molecule has 2 saturated carbocycles. The van der Waals surface area contributed by atoms with E-state index in [4.69, 9.17) is 5.73 Å². The summed E-state index contributed by atoms with van der Waals surface area (Å²) in [6.45, 7) is 6.37. The van der Waals surface area contributed by atoms with Gasteiger partial charge >= 0.3 is 0 Å². The van der Waals surface area contributed by atoms with Crippen molar-refractivity contribution in [1.82, 2.24) is 5.32 Å². The third kappa shape index (κ3) is 4.09. The Labute approximate surface area is 123 Å². The second-order valence-corrected chi connectivity index (χ2v) is 6.87. The number of hydrogen-bond donors (Lipinski definition) is 2. The number of fused-ring (bicyclic) bond motifs is 2. The summed E-state index contributed by atoms with van der Waals surface area (Å²) in [5, 5.41) is 3.15. The first kappa shape index (κ1) is 16.8. The minimum atomic E-state index is -0.342. The second-order valence-electron chi connectivity index (χ2n) is 6.87. The topological polar surface area (TPSA) is 55.1 Å². The summed E-state index contributed by atoms with van der Waals surface area (Å²) < 4.78 is 0. The maximum absolute atomic E-state index is 12.0. The smallest absolute Gasteiger partial charge is 0.237 e. The quantitative estimate of drug-likeness (QED) is 0.817. The predicted molar refractivity (Wildman–Crippen MR) is 81.2 cm³/mol. The molecule has 0 saturated heterocycles. The van der Waals surface area contributed by atoms with E-state index in [0.717, 1.165) is 18.3 Å². The lowest BCUT2D eigenvalue weighted by Crippen LogP contribution is -2.48. The van der Waals surface area contributed by atoms with Crippen molar-refractivity contribution in [2.24, 2.45) is 29.4 Å². The largest absolute Gasteiger partial charge is 0.352 e. The molecule has 0 heterocycles. The summed E-state index contributed by atoms with van der Waals surface area (Å²) >= 11 is 0. The van der Waals surface area contributed by atoms with Gasteiger partial charge in [-0.3, -0.25) is 4.79 Å². The molecule has 0 radical (unpaired) electrons. The monoisotopic (exact) mass is 288 g/mol. The number of nitrogens with one attached hydrogen (secondary N) is 1. The molecular weight excluding hydrogens is 260 g/mol. The molecule has 3 nitrogen and oxygen atoms in total. The summed E-state index contributed by atoms with van der Waals surface area (Å²) in [6, 6.07) is -0.0444. The molecule has 5 atom stereocenters. The lowest BCUT2D eigenvalue weighted by Gasteiger charge is -2.29. The highest BCUT2D eigenvalue weighted by molar-refractivity contribution is 5.85. The Kier molecular flexibility index (Phi) is 6.13. The molecule has 2 bridgehead atoms. The minimum Gasteiger partial charge on any atom is -0.352 e. The molecule has 112 valence electrons. The third-order valence-corrected chi connectivity index (χ3v) is 4.87. The molecule has 0 aromatic rings. The number of amides is 1. The Morgan fingerprint density at radius 2 is 1.95 bits per heavy atom. The van der Waals surface area contributed by atoms with Gasteiger partial charge in [0.25, 0.3) is 0 Å². The van der Waals surface area contributed by atoms with Crippen LogP contribution < -0.4 is 11.1 Å². The van der Waals surface area contributed by atoms with Crippen LogP contribution in [-0.2, 0) is 4.79 Å². The van der Waals surface area contributed by atoms with Gasteiger partial charge in [0.15, 0.2) is 0 Å². The second kappa shape index (κ2) is 6.94. The lowest BCUT2D eigenvalue weighted by molar-refractivity contribution is -0.123. The summed E-state index contributed by atoms with van der Waals surface area (Å²) in [6.07, 6.45) is 6.26. The Balaban J connectivity index is 0.00000180. The minimum absolute atomic E-state index is 0. The van der Waals surface area contributed by atoms with Crippen LogP contribution in [0.5, 0.6) is 0 Å². The van der Waals surface area contributed by atoms with E-state index in [-0.39, 0.29) is 24.4 Å². The zero-order chi connectivity index (χ0) is 13.3. The van der Waals surface area contributed by atoms with Gasteiger partial charge in [0.05, 0.1) is 6.04 Å². The van der Waals surface area contributed by atoms with Crippen molar-refractivity contribution in [3.8, 4) is 0 Å². The average molecular weight is 289 g/mol. The van der Waals surface area contributed by atoms with Crippen molar-refractivity contribution in [1.29, 1.82) is 0 Å². The van der Waals surface area contributed by atoms with Crippen LogP contribution >= 0.6 is 12.4 Å². The van der Waals surface area contributed by atoms with Crippen molar-refractivity contribution in [2.75, 3.05) is 0 Å². The van der Waals surface area contributed by atoms with Gasteiger partial charge in [0, 0.05) is 6.04 Å². The van der Waals surface area contributed by atoms with Crippen LogP contribution in [0.3, 0.4) is 0 Å². The van der Waals surface area contributed by atoms with Gasteiger partial charge in [-0.1, -0.05) is 20.3 Å². The Hall–Kier alpha value is -0.280. The van der Waals surface area contributed by atoms with Gasteiger partial charge in [-0.05, 0) is 56.3 Å². The first-order chi connectivity index (χ1) is 8.47. The molecule has 0 aliphatic heterocycles. The van der Waals surface area contributed by atoms with Crippen molar-refractivity contribution in [3.63, 3.8) is 0 Å². The van der Waals surface area contributed by atoms with E-state index in [9.17, 15) is 4.79 Å². The van der Waals surface area contributed by atoms with Crippen LogP contribution in [0, 0.1) is 23.7 Å². The van der Waals surface area contributed by atoms with E-state index in [1.807, 2.05) is 0 Å². The molecule has 0 aromatic heterocycles. The van der Waals surface area contributed by atoms with Crippen LogP contribution in [0.15, 0.2) is 0 Å². The van der Waals surface area contributed by atoms with E-state index >= 15 is 0 Å². The van der Waals surface area contributed by atoms with Crippen LogP contribution in [0.4, 0.5) is 0 Å². The highest BCUT2D eigenvalue weighted by atomic mass is 35.5. The molecule has 19 heavy (non-hydrogen) atoms. The van der Waals surface area contributed by atoms with E-state index in [1.165, 1.54) is 25.7 Å². The Morgan fingerprint density at radius 1 is 1.26 bits per heavy atom. The zero-order valence-corrected chi connectivity index (χ0v) is 13.2. The SMILES string of the molecule is CC(C)C[C@H](N)C(=O)NC(C)C1CC2CCC1C2.Cl. The van der Waals surface area contributed by atoms with Gasteiger partial charge in [0.1, 0.15) is 0 Å². The van der Waals surface area contributed by atoms with E-state index < -0.39 is 0 Å². The summed E-state index contributed by atoms with van der Waals surface area (Å²) in [7, 11) is 0. The number of carbonyl (C=O) groups is 1. The van der Waals surface area contributed by atoms with Crippen molar-refractivity contribution in [2.45, 2.75) is 65.0 Å². The number of carbonyl (C=O) groups excluding carboxylic acids is 1. The van der Waals surface area contributed by atoms with Crippen molar-refractivity contribution >= 4 is 18.3 Å². The Bertz CT molecular complexity index is 309. The van der Waals surface area contributed by atoms with Crippen LogP contribution in [0.2, 0.25) is 0 Å². The van der Waals surface area contributed by atoms with E-state index in [1.54, 1.807) is 0 Å². The molecule has 0 spiro atoms. The normalized spacial score (nSPS) is 31.9. The van der Waals surface area contributed by atoms with Gasteiger partial charge in [-0.25, -0.2) is 0 Å². The summed E-state index contributed by atoms with van der Waals surface area (Å²) in [5.41, 5.74) is 5.93. The number of halogens is 1. The standard InChI is InChI=1S/C15H28N2O.ClH/c1-9(2)6-14(16)15(18)17-10(3)13-8-11-4-5-12(13)7-11;/h9-14H,4-8,16H2,1-3H3,(H,17,18);1H/t10?,11?,12?,13?,14-;/m0./s1. The van der Waals surface area contributed by atoms with Crippen molar-refractivity contribution in [3.05, 3.63) is 0 Å². The molecule has 2 fully saturated rings. The number of hydrogen-bond acceptors (Lipinski definition) is 2. The maximum atomic E-state index is 12.0. The van der Waals surface area contributed by atoms with Gasteiger partial charge in [-0.2, -0.15) is 0 Å². The van der Waals surface area contributed by atoms with Crippen LogP contribution in [0.1, 0.15) is 52.9 Å². The molecule has 4 unspecified atom stereocenters. The fourth-order valence-electron chi connectivity index (χ4n) is 3.96. The molecule has 4 heteroatoms. The van der Waals surface area contributed by atoms with E-state index in [2.05, 4.69) is 26.1 Å². The van der Waals surface area contributed by atoms with Gasteiger partial charge in [-0.15, -0.1) is 12.4 Å². The molecule has 1 amide bonds. The fourth-order valence-corrected chi connectivity index (χ4v) is 3.96. The highest BCUT2D eigenvalue weighted by Gasteiger charge is 2.42. The molecule has 2 aliphatic carbocycles. The van der Waals surface area contributed by atoms with Gasteiger partial charge in [0.2, 0.25) is 5.91 Å². The molecule has 2 rings (SSSR count). The average Bonchev–Trinajstić information content (AvgIpc) is 2.89. The number of nitrogens with two attached hydrogens (primary N) is 1.